The van der Waals surface area contributed by atoms with Crippen LogP contribution in [0.25, 0.3) is 0 Å². The van der Waals surface area contributed by atoms with Crippen LogP contribution in [0.1, 0.15) is 6.42 Å². The molecule has 96 valence electrons. The van der Waals surface area contributed by atoms with Gasteiger partial charge in [-0.25, -0.2) is 4.68 Å². The second kappa shape index (κ2) is 5.69. The van der Waals surface area contributed by atoms with E-state index in [1.807, 2.05) is 0 Å². The fourth-order valence-corrected chi connectivity index (χ4v) is 2.00. The molecule has 18 heavy (non-hydrogen) atoms. The quantitative estimate of drug-likeness (QED) is 0.705. The normalized spacial score (nSPS) is 16.6. The van der Waals surface area contributed by atoms with Crippen LogP contribution in [-0.2, 0) is 6.54 Å². The predicted molar refractivity (Wildman–Crippen MR) is 71.7 cm³/mol. The van der Waals surface area contributed by atoms with Crippen molar-refractivity contribution < 1.29 is 0 Å². The molecule has 5 nitrogen and oxygen atoms in total. The number of aryl methyl sites for hydroxylation is 1. The van der Waals surface area contributed by atoms with Crippen LogP contribution in [0, 0.1) is 12.3 Å². The number of likely N-dealkylation sites (N-methyl/N-ethyl adjacent to an activating group) is 1. The Morgan fingerprint density at radius 3 is 2.72 bits per heavy atom. The van der Waals surface area contributed by atoms with E-state index in [1.54, 1.807) is 12.3 Å². The molecule has 1 saturated heterocycles. The summed E-state index contributed by atoms with van der Waals surface area (Å²) in [5.41, 5.74) is 0.826. The fraction of sp³-hybridized carbons (Fsp3) is 0.538. The monoisotopic (exact) mass is 246 g/mol. The van der Waals surface area contributed by atoms with Crippen LogP contribution in [0.15, 0.2) is 17.1 Å². The van der Waals surface area contributed by atoms with Gasteiger partial charge in [-0.15, -0.1) is 12.3 Å². The molecule has 0 aromatic carbocycles. The van der Waals surface area contributed by atoms with Gasteiger partial charge in [0.1, 0.15) is 0 Å². The summed E-state index contributed by atoms with van der Waals surface area (Å²) in [4.78, 5) is 16.3. The highest BCUT2D eigenvalue weighted by Crippen LogP contribution is 2.11. The third-order valence-corrected chi connectivity index (χ3v) is 3.19. The first-order valence-electron chi connectivity index (χ1n) is 6.15. The molecule has 0 unspecified atom stereocenters. The third-order valence-electron chi connectivity index (χ3n) is 3.19. The van der Waals surface area contributed by atoms with E-state index in [4.69, 9.17) is 6.42 Å². The Kier molecular flexibility index (Phi) is 4.00. The number of terminal acetylenes is 1. The first-order valence-corrected chi connectivity index (χ1v) is 6.15. The summed E-state index contributed by atoms with van der Waals surface area (Å²) in [6.45, 7) is 4.39. The maximum atomic E-state index is 11.8. The molecule has 1 aliphatic rings. The van der Waals surface area contributed by atoms with Crippen LogP contribution in [0.5, 0.6) is 0 Å². The molecule has 1 aliphatic heterocycles. The van der Waals surface area contributed by atoms with Crippen LogP contribution >= 0.6 is 0 Å². The van der Waals surface area contributed by atoms with Gasteiger partial charge in [0.2, 0.25) is 0 Å². The zero-order chi connectivity index (χ0) is 13.0. The Bertz CT molecular complexity index is 494. The van der Waals surface area contributed by atoms with E-state index in [1.165, 1.54) is 4.68 Å². The van der Waals surface area contributed by atoms with Gasteiger partial charge in [0.05, 0.1) is 18.4 Å². The van der Waals surface area contributed by atoms with Crippen molar-refractivity contribution in [1.29, 1.82) is 0 Å². The van der Waals surface area contributed by atoms with E-state index < -0.39 is 0 Å². The maximum absolute atomic E-state index is 11.8. The Labute approximate surface area is 107 Å². The van der Waals surface area contributed by atoms with Gasteiger partial charge in [-0.2, -0.15) is 5.10 Å². The lowest BCUT2D eigenvalue weighted by atomic mass is 10.3. The van der Waals surface area contributed by atoms with E-state index in [2.05, 4.69) is 27.9 Å². The van der Waals surface area contributed by atoms with Crippen molar-refractivity contribution in [1.82, 2.24) is 14.7 Å². The molecule has 0 N–H and O–H groups in total. The van der Waals surface area contributed by atoms with Crippen LogP contribution in [0.2, 0.25) is 0 Å². The van der Waals surface area contributed by atoms with Crippen molar-refractivity contribution in [2.75, 3.05) is 38.1 Å². The first-order chi connectivity index (χ1) is 8.70. The minimum atomic E-state index is -0.0818. The highest BCUT2D eigenvalue weighted by atomic mass is 16.1. The Balaban J connectivity index is 2.09. The summed E-state index contributed by atoms with van der Waals surface area (Å²) in [5.74, 6) is 2.51. The van der Waals surface area contributed by atoms with E-state index in [0.29, 0.717) is 13.0 Å². The number of hydrogen-bond acceptors (Lipinski definition) is 4. The molecule has 5 heteroatoms. The van der Waals surface area contributed by atoms with Crippen LogP contribution < -0.4 is 10.5 Å². The van der Waals surface area contributed by atoms with Crippen molar-refractivity contribution in [2.45, 2.75) is 13.0 Å². The number of rotatable bonds is 3. The number of piperazine rings is 1. The molecule has 2 rings (SSSR count). The molecule has 0 bridgehead atoms. The molecule has 0 aliphatic carbocycles. The summed E-state index contributed by atoms with van der Waals surface area (Å²) in [6.07, 6.45) is 7.46. The highest BCUT2D eigenvalue weighted by molar-refractivity contribution is 5.43. The molecule has 0 atom stereocenters. The molecule has 0 radical (unpaired) electrons. The summed E-state index contributed by atoms with van der Waals surface area (Å²) >= 11 is 0. The van der Waals surface area contributed by atoms with Gasteiger partial charge >= 0.3 is 0 Å². The van der Waals surface area contributed by atoms with Gasteiger partial charge in [0.15, 0.2) is 0 Å². The van der Waals surface area contributed by atoms with Gasteiger partial charge < -0.3 is 9.80 Å². The molecule has 0 spiro atoms. The van der Waals surface area contributed by atoms with Crippen LogP contribution in [0.3, 0.4) is 0 Å². The number of anilines is 1. The second-order valence-electron chi connectivity index (χ2n) is 4.52. The number of aromatic nitrogens is 2. The molecule has 1 fully saturated rings. The van der Waals surface area contributed by atoms with E-state index in [-0.39, 0.29) is 5.56 Å². The molecule has 0 saturated carbocycles. The lowest BCUT2D eigenvalue weighted by Gasteiger charge is -2.33. The summed E-state index contributed by atoms with van der Waals surface area (Å²) < 4.78 is 1.42. The van der Waals surface area contributed by atoms with Gasteiger partial charge in [-0.05, 0) is 7.05 Å². The Morgan fingerprint density at radius 2 is 2.11 bits per heavy atom. The average Bonchev–Trinajstić information content (AvgIpc) is 2.38. The topological polar surface area (TPSA) is 41.4 Å². The standard InChI is InChI=1S/C13H18N4O/c1-3-4-5-17-13(18)10-12(11-14-17)16-8-6-15(2)7-9-16/h1,10-11H,4-9H2,2H3. The highest BCUT2D eigenvalue weighted by Gasteiger charge is 2.15. The minimum absolute atomic E-state index is 0.0818. The zero-order valence-electron chi connectivity index (χ0n) is 10.7. The van der Waals surface area contributed by atoms with Crippen molar-refractivity contribution in [3.8, 4) is 12.3 Å². The Hall–Kier alpha value is -1.80. The first kappa shape index (κ1) is 12.7. The zero-order valence-corrected chi connectivity index (χ0v) is 10.7. The van der Waals surface area contributed by atoms with Crippen molar-refractivity contribution in [3.63, 3.8) is 0 Å². The third kappa shape index (κ3) is 2.90. The van der Waals surface area contributed by atoms with Gasteiger partial charge in [0, 0.05) is 38.7 Å². The van der Waals surface area contributed by atoms with Crippen molar-refractivity contribution in [2.24, 2.45) is 0 Å². The van der Waals surface area contributed by atoms with E-state index >= 15 is 0 Å². The number of nitrogens with zero attached hydrogens (tertiary/aromatic N) is 4. The summed E-state index contributed by atoms with van der Waals surface area (Å²) in [6, 6.07) is 1.65. The fourth-order valence-electron chi connectivity index (χ4n) is 2.00. The van der Waals surface area contributed by atoms with Gasteiger partial charge in [-0.3, -0.25) is 4.79 Å². The van der Waals surface area contributed by atoms with Gasteiger partial charge in [0.25, 0.3) is 5.56 Å². The SMILES string of the molecule is C#CCCn1ncc(N2CCN(C)CC2)cc1=O. The van der Waals surface area contributed by atoms with E-state index in [9.17, 15) is 4.79 Å². The average molecular weight is 246 g/mol. The largest absolute Gasteiger partial charge is 0.368 e. The molecule has 1 aromatic rings. The molecular weight excluding hydrogens is 228 g/mol. The lowest BCUT2D eigenvalue weighted by Crippen LogP contribution is -2.45. The molecular formula is C13H18N4O. The van der Waals surface area contributed by atoms with Crippen LogP contribution in [0.4, 0.5) is 5.69 Å². The van der Waals surface area contributed by atoms with Crippen LogP contribution in [-0.4, -0.2) is 47.9 Å². The van der Waals surface area contributed by atoms with Crippen molar-refractivity contribution >= 4 is 5.69 Å². The lowest BCUT2D eigenvalue weighted by molar-refractivity contribution is 0.312. The van der Waals surface area contributed by atoms with Gasteiger partial charge in [-0.1, -0.05) is 0 Å². The molecule has 1 aromatic heterocycles. The Morgan fingerprint density at radius 1 is 1.39 bits per heavy atom. The second-order valence-corrected chi connectivity index (χ2v) is 4.52. The maximum Gasteiger partial charge on any atom is 0.268 e. The smallest absolute Gasteiger partial charge is 0.268 e. The summed E-state index contributed by atoms with van der Waals surface area (Å²) in [5, 5.41) is 4.16. The molecule has 2 heterocycles. The summed E-state index contributed by atoms with van der Waals surface area (Å²) in [7, 11) is 2.10. The van der Waals surface area contributed by atoms with Crippen molar-refractivity contribution in [3.05, 3.63) is 22.6 Å². The predicted octanol–water partition coefficient (Wildman–Crippen LogP) is 0.0184. The minimum Gasteiger partial charge on any atom is -0.368 e. The van der Waals surface area contributed by atoms with E-state index in [0.717, 1.165) is 31.9 Å². The number of hydrogen-bond donors (Lipinski definition) is 0. The molecule has 0 amide bonds.